The summed E-state index contributed by atoms with van der Waals surface area (Å²) in [4.78, 5) is 47.2. The number of carbonyl (C=O) groups is 3. The number of nitro benzene ring substituents is 1. The molecule has 0 spiro atoms. The molecule has 0 saturated carbocycles. The minimum absolute atomic E-state index is 0.0266. The molecule has 1 unspecified atom stereocenters. The Hall–Kier alpha value is -2.97. The van der Waals surface area contributed by atoms with Gasteiger partial charge in [0, 0.05) is 25.1 Å². The van der Waals surface area contributed by atoms with Crippen LogP contribution < -0.4 is 5.32 Å². The Morgan fingerprint density at radius 1 is 1.30 bits per heavy atom. The van der Waals surface area contributed by atoms with Crippen molar-refractivity contribution in [3.8, 4) is 0 Å². The zero-order valence-electron chi connectivity index (χ0n) is 15.6. The summed E-state index contributed by atoms with van der Waals surface area (Å²) in [6, 6.07) is 5.49. The van der Waals surface area contributed by atoms with Crippen molar-refractivity contribution >= 4 is 23.5 Å². The van der Waals surface area contributed by atoms with E-state index in [1.807, 2.05) is 0 Å². The highest BCUT2D eigenvalue weighted by Crippen LogP contribution is 2.23. The third kappa shape index (κ3) is 6.05. The van der Waals surface area contributed by atoms with Crippen molar-refractivity contribution in [3.63, 3.8) is 0 Å². The van der Waals surface area contributed by atoms with Gasteiger partial charge in [-0.2, -0.15) is 0 Å². The molecule has 146 valence electrons. The van der Waals surface area contributed by atoms with Crippen LogP contribution in [0.1, 0.15) is 39.2 Å². The van der Waals surface area contributed by atoms with Gasteiger partial charge < -0.3 is 15.0 Å². The van der Waals surface area contributed by atoms with Gasteiger partial charge in [0.2, 0.25) is 11.8 Å². The number of hydrogen-bond acceptors (Lipinski definition) is 6. The lowest BCUT2D eigenvalue weighted by molar-refractivity contribution is -0.384. The van der Waals surface area contributed by atoms with Crippen LogP contribution in [0.2, 0.25) is 0 Å². The van der Waals surface area contributed by atoms with Crippen LogP contribution in [-0.4, -0.2) is 45.8 Å². The Labute approximate surface area is 156 Å². The second-order valence-electron chi connectivity index (χ2n) is 7.37. The first kappa shape index (κ1) is 20.3. The van der Waals surface area contributed by atoms with Crippen LogP contribution in [-0.2, 0) is 25.7 Å². The number of nitrogens with zero attached hydrogens (tertiary/aromatic N) is 2. The SMILES string of the molecule is CC(C)(C)OC(=O)CC1CC(=O)N1CC(=O)NCc1ccc([N+](=O)[O-])cc1. The Balaban J connectivity index is 1.80. The van der Waals surface area contributed by atoms with Crippen LogP contribution in [0.5, 0.6) is 0 Å². The van der Waals surface area contributed by atoms with Gasteiger partial charge in [-0.25, -0.2) is 0 Å². The monoisotopic (exact) mass is 377 g/mol. The van der Waals surface area contributed by atoms with Crippen molar-refractivity contribution < 1.29 is 24.0 Å². The molecule has 0 aromatic heterocycles. The van der Waals surface area contributed by atoms with E-state index < -0.39 is 16.5 Å². The van der Waals surface area contributed by atoms with E-state index in [9.17, 15) is 24.5 Å². The summed E-state index contributed by atoms with van der Waals surface area (Å²) in [5, 5.41) is 13.3. The Morgan fingerprint density at radius 2 is 1.93 bits per heavy atom. The summed E-state index contributed by atoms with van der Waals surface area (Å²) in [6.07, 6.45) is 0.271. The van der Waals surface area contributed by atoms with E-state index in [1.54, 1.807) is 32.9 Å². The van der Waals surface area contributed by atoms with Crippen molar-refractivity contribution in [2.75, 3.05) is 6.54 Å². The van der Waals surface area contributed by atoms with E-state index in [1.165, 1.54) is 17.0 Å². The molecule has 0 bridgehead atoms. The normalized spacial score (nSPS) is 16.5. The smallest absolute Gasteiger partial charge is 0.308 e. The first-order valence-corrected chi connectivity index (χ1v) is 8.56. The lowest BCUT2D eigenvalue weighted by atomic mass is 9.98. The van der Waals surface area contributed by atoms with Crippen molar-refractivity contribution in [2.45, 2.75) is 51.8 Å². The number of hydrogen-bond donors (Lipinski definition) is 1. The summed E-state index contributed by atoms with van der Waals surface area (Å²) < 4.78 is 5.24. The largest absolute Gasteiger partial charge is 0.460 e. The van der Waals surface area contributed by atoms with Crippen LogP contribution in [0.3, 0.4) is 0 Å². The van der Waals surface area contributed by atoms with Crippen molar-refractivity contribution in [1.82, 2.24) is 10.2 Å². The molecule has 1 aromatic rings. The Morgan fingerprint density at radius 3 is 2.44 bits per heavy atom. The van der Waals surface area contributed by atoms with Gasteiger partial charge >= 0.3 is 5.97 Å². The van der Waals surface area contributed by atoms with Gasteiger partial charge in [-0.05, 0) is 26.3 Å². The standard InChI is InChI=1S/C18H23N3O6/c1-18(2,3)27-17(24)9-14-8-16(23)20(14)11-15(22)19-10-12-4-6-13(7-5-12)21(25)26/h4-7,14H,8-11H2,1-3H3,(H,19,22). The summed E-state index contributed by atoms with van der Waals surface area (Å²) in [5.74, 6) is -0.957. The maximum Gasteiger partial charge on any atom is 0.308 e. The molecule has 1 fully saturated rings. The molecule has 1 atom stereocenters. The van der Waals surface area contributed by atoms with Gasteiger partial charge in [-0.15, -0.1) is 0 Å². The molecule has 2 amide bonds. The third-order valence-corrected chi connectivity index (χ3v) is 3.94. The first-order valence-electron chi connectivity index (χ1n) is 8.56. The lowest BCUT2D eigenvalue weighted by Crippen LogP contribution is -2.56. The second kappa shape index (κ2) is 8.15. The molecule has 0 aliphatic carbocycles. The molecule has 1 aromatic carbocycles. The topological polar surface area (TPSA) is 119 Å². The average Bonchev–Trinajstić information content (AvgIpc) is 2.56. The first-order chi connectivity index (χ1) is 12.5. The average molecular weight is 377 g/mol. The van der Waals surface area contributed by atoms with Gasteiger partial charge in [0.05, 0.1) is 23.9 Å². The maximum absolute atomic E-state index is 12.1. The fourth-order valence-electron chi connectivity index (χ4n) is 2.64. The number of non-ortho nitro benzene ring substituents is 1. The molecule has 1 N–H and O–H groups in total. The van der Waals surface area contributed by atoms with E-state index in [4.69, 9.17) is 4.74 Å². The van der Waals surface area contributed by atoms with Crippen LogP contribution in [0, 0.1) is 10.1 Å². The number of nitrogens with one attached hydrogen (secondary N) is 1. The van der Waals surface area contributed by atoms with E-state index in [0.717, 1.165) is 0 Å². The summed E-state index contributed by atoms with van der Waals surface area (Å²) in [6.45, 7) is 5.34. The molecule has 1 saturated heterocycles. The second-order valence-corrected chi connectivity index (χ2v) is 7.37. The van der Waals surface area contributed by atoms with Crippen molar-refractivity contribution in [3.05, 3.63) is 39.9 Å². The van der Waals surface area contributed by atoms with Crippen molar-refractivity contribution in [1.29, 1.82) is 0 Å². The number of amides is 2. The minimum Gasteiger partial charge on any atom is -0.460 e. The predicted molar refractivity (Wildman–Crippen MR) is 95.5 cm³/mol. The highest BCUT2D eigenvalue weighted by molar-refractivity contribution is 5.90. The fraction of sp³-hybridized carbons (Fsp3) is 0.500. The highest BCUT2D eigenvalue weighted by atomic mass is 16.6. The number of benzene rings is 1. The number of β-lactam (4-membered cyclic amide) rings is 1. The van der Waals surface area contributed by atoms with Gasteiger partial charge in [0.15, 0.2) is 0 Å². The third-order valence-electron chi connectivity index (χ3n) is 3.94. The van der Waals surface area contributed by atoms with Gasteiger partial charge in [-0.3, -0.25) is 24.5 Å². The van der Waals surface area contributed by atoms with Gasteiger partial charge in [0.1, 0.15) is 5.60 Å². The fourth-order valence-corrected chi connectivity index (χ4v) is 2.64. The quantitative estimate of drug-likeness (QED) is 0.333. The van der Waals surface area contributed by atoms with E-state index in [0.29, 0.717) is 5.56 Å². The molecule has 1 heterocycles. The Kier molecular flexibility index (Phi) is 6.14. The molecule has 27 heavy (non-hydrogen) atoms. The molecular weight excluding hydrogens is 354 g/mol. The number of likely N-dealkylation sites (tertiary alicyclic amines) is 1. The number of ether oxygens (including phenoxy) is 1. The molecule has 2 rings (SSSR count). The molecular formula is C18H23N3O6. The lowest BCUT2D eigenvalue weighted by Gasteiger charge is -2.39. The summed E-state index contributed by atoms with van der Waals surface area (Å²) >= 11 is 0. The molecule has 9 heteroatoms. The van der Waals surface area contributed by atoms with Crippen LogP contribution in [0.15, 0.2) is 24.3 Å². The molecule has 1 aliphatic rings. The minimum atomic E-state index is -0.599. The number of rotatable bonds is 7. The highest BCUT2D eigenvalue weighted by Gasteiger charge is 2.39. The molecule has 0 radical (unpaired) electrons. The predicted octanol–water partition coefficient (Wildman–Crippen LogP) is 1.54. The molecule has 9 nitrogen and oxygen atoms in total. The van der Waals surface area contributed by atoms with Crippen LogP contribution >= 0.6 is 0 Å². The zero-order chi connectivity index (χ0) is 20.2. The van der Waals surface area contributed by atoms with Gasteiger partial charge in [0.25, 0.3) is 5.69 Å². The molecule has 1 aliphatic heterocycles. The summed E-state index contributed by atoms with van der Waals surface area (Å²) in [5.41, 5.74) is 0.0769. The maximum atomic E-state index is 12.1. The van der Waals surface area contributed by atoms with E-state index >= 15 is 0 Å². The Bertz CT molecular complexity index is 738. The number of carbonyl (C=O) groups excluding carboxylic acids is 3. The number of esters is 1. The summed E-state index contributed by atoms with van der Waals surface area (Å²) in [7, 11) is 0. The van der Waals surface area contributed by atoms with Gasteiger partial charge in [-0.1, -0.05) is 12.1 Å². The van der Waals surface area contributed by atoms with E-state index in [2.05, 4.69) is 5.32 Å². The van der Waals surface area contributed by atoms with Crippen LogP contribution in [0.25, 0.3) is 0 Å². The number of nitro groups is 1. The van der Waals surface area contributed by atoms with E-state index in [-0.39, 0.29) is 49.5 Å². The van der Waals surface area contributed by atoms with Crippen LogP contribution in [0.4, 0.5) is 5.69 Å². The zero-order valence-corrected chi connectivity index (χ0v) is 15.6. The van der Waals surface area contributed by atoms with Crippen molar-refractivity contribution in [2.24, 2.45) is 0 Å².